The fraction of sp³-hybridized carbons (Fsp3) is 0.417. The summed E-state index contributed by atoms with van der Waals surface area (Å²) in [6.07, 6.45) is 1.58. The van der Waals surface area contributed by atoms with Crippen molar-refractivity contribution in [2.45, 2.75) is 12.8 Å². The van der Waals surface area contributed by atoms with Crippen LogP contribution in [-0.2, 0) is 11.2 Å². The fourth-order valence-electron chi connectivity index (χ4n) is 1.63. The van der Waals surface area contributed by atoms with E-state index in [1.165, 1.54) is 5.56 Å². The Hall–Kier alpha value is -1.15. The van der Waals surface area contributed by atoms with Gasteiger partial charge in [-0.15, -0.1) is 0 Å². The standard InChI is InChI=1S/C12H15NO/c14-12(11-8-13-9-11)7-6-10-4-2-1-3-5-10/h1-5,11,13H,6-9H2. The van der Waals surface area contributed by atoms with E-state index < -0.39 is 0 Å². The molecule has 1 aromatic rings. The number of nitrogens with one attached hydrogen (secondary N) is 1. The van der Waals surface area contributed by atoms with Crippen molar-refractivity contribution in [3.05, 3.63) is 35.9 Å². The highest BCUT2D eigenvalue weighted by atomic mass is 16.1. The molecule has 1 fully saturated rings. The molecule has 2 rings (SSSR count). The molecule has 1 saturated heterocycles. The first-order chi connectivity index (χ1) is 6.86. The van der Waals surface area contributed by atoms with Gasteiger partial charge < -0.3 is 5.32 Å². The predicted octanol–water partition coefficient (Wildman–Crippen LogP) is 1.41. The molecule has 0 saturated carbocycles. The molecule has 0 spiro atoms. The highest BCUT2D eigenvalue weighted by molar-refractivity contribution is 5.82. The molecule has 0 unspecified atom stereocenters. The summed E-state index contributed by atoms with van der Waals surface area (Å²) in [5.74, 6) is 0.700. The minimum Gasteiger partial charge on any atom is -0.315 e. The van der Waals surface area contributed by atoms with Gasteiger partial charge in [0.2, 0.25) is 0 Å². The molecule has 1 heterocycles. The van der Waals surface area contributed by atoms with Crippen LogP contribution in [0.2, 0.25) is 0 Å². The van der Waals surface area contributed by atoms with Crippen molar-refractivity contribution < 1.29 is 4.79 Å². The zero-order valence-electron chi connectivity index (χ0n) is 8.20. The molecule has 1 aliphatic rings. The first kappa shape index (κ1) is 9.41. The second-order valence-electron chi connectivity index (χ2n) is 3.81. The van der Waals surface area contributed by atoms with Gasteiger partial charge in [0.25, 0.3) is 0 Å². The largest absolute Gasteiger partial charge is 0.315 e. The number of aryl methyl sites for hydroxylation is 1. The molecule has 2 heteroatoms. The van der Waals surface area contributed by atoms with E-state index in [-0.39, 0.29) is 0 Å². The first-order valence-electron chi connectivity index (χ1n) is 5.13. The Morgan fingerprint density at radius 3 is 2.57 bits per heavy atom. The lowest BCUT2D eigenvalue weighted by atomic mass is 9.93. The maximum Gasteiger partial charge on any atom is 0.138 e. The summed E-state index contributed by atoms with van der Waals surface area (Å²) in [6.45, 7) is 1.77. The maximum atomic E-state index is 11.6. The minimum absolute atomic E-state index is 0.290. The quantitative estimate of drug-likeness (QED) is 0.776. The summed E-state index contributed by atoms with van der Waals surface area (Å²) in [7, 11) is 0. The van der Waals surface area contributed by atoms with Gasteiger partial charge in [0.05, 0.1) is 0 Å². The van der Waals surface area contributed by atoms with Gasteiger partial charge in [-0.3, -0.25) is 4.79 Å². The lowest BCUT2D eigenvalue weighted by Crippen LogP contribution is -2.46. The highest BCUT2D eigenvalue weighted by Gasteiger charge is 2.23. The molecule has 2 nitrogen and oxygen atoms in total. The van der Waals surface area contributed by atoms with Crippen molar-refractivity contribution in [1.82, 2.24) is 5.32 Å². The van der Waals surface area contributed by atoms with E-state index in [0.29, 0.717) is 18.1 Å². The normalized spacial score (nSPS) is 16.3. The molecule has 0 atom stereocenters. The Morgan fingerprint density at radius 2 is 2.00 bits per heavy atom. The van der Waals surface area contributed by atoms with Crippen LogP contribution in [0.4, 0.5) is 0 Å². The third-order valence-corrected chi connectivity index (χ3v) is 2.74. The molecule has 0 radical (unpaired) electrons. The lowest BCUT2D eigenvalue weighted by Gasteiger charge is -2.25. The average Bonchev–Trinajstić information content (AvgIpc) is 2.14. The van der Waals surface area contributed by atoms with Gasteiger partial charge in [0, 0.05) is 25.4 Å². The Balaban J connectivity index is 1.79. The number of Topliss-reactive ketones (excluding diaryl/α,β-unsaturated/α-hetero) is 1. The van der Waals surface area contributed by atoms with Crippen molar-refractivity contribution in [2.24, 2.45) is 5.92 Å². The number of carbonyl (C=O) groups is 1. The third kappa shape index (κ3) is 2.20. The van der Waals surface area contributed by atoms with E-state index >= 15 is 0 Å². The van der Waals surface area contributed by atoms with E-state index in [2.05, 4.69) is 17.4 Å². The fourth-order valence-corrected chi connectivity index (χ4v) is 1.63. The van der Waals surface area contributed by atoms with Crippen LogP contribution < -0.4 is 5.32 Å². The van der Waals surface area contributed by atoms with Crippen LogP contribution in [0, 0.1) is 5.92 Å². The third-order valence-electron chi connectivity index (χ3n) is 2.74. The lowest BCUT2D eigenvalue weighted by molar-refractivity contribution is -0.124. The van der Waals surface area contributed by atoms with Crippen molar-refractivity contribution >= 4 is 5.78 Å². The van der Waals surface area contributed by atoms with Gasteiger partial charge in [-0.25, -0.2) is 0 Å². The molecule has 74 valence electrons. The molecule has 0 aromatic heterocycles. The maximum absolute atomic E-state index is 11.6. The van der Waals surface area contributed by atoms with Crippen LogP contribution in [0.15, 0.2) is 30.3 Å². The van der Waals surface area contributed by atoms with E-state index in [1.54, 1.807) is 0 Å². The van der Waals surface area contributed by atoms with Gasteiger partial charge in [-0.1, -0.05) is 30.3 Å². The predicted molar refractivity (Wildman–Crippen MR) is 56.1 cm³/mol. The van der Waals surface area contributed by atoms with Crippen molar-refractivity contribution in [3.8, 4) is 0 Å². The molecule has 0 bridgehead atoms. The molecule has 0 aliphatic carbocycles. The van der Waals surface area contributed by atoms with E-state index in [0.717, 1.165) is 19.5 Å². The Labute approximate surface area is 84.3 Å². The number of hydrogen-bond donors (Lipinski definition) is 1. The number of benzene rings is 1. The summed E-state index contributed by atoms with van der Waals surface area (Å²) < 4.78 is 0. The van der Waals surface area contributed by atoms with Crippen LogP contribution in [0.3, 0.4) is 0 Å². The van der Waals surface area contributed by atoms with Crippen LogP contribution >= 0.6 is 0 Å². The monoisotopic (exact) mass is 189 g/mol. The molecule has 0 amide bonds. The van der Waals surface area contributed by atoms with E-state index in [4.69, 9.17) is 0 Å². The van der Waals surface area contributed by atoms with Gasteiger partial charge >= 0.3 is 0 Å². The van der Waals surface area contributed by atoms with Crippen LogP contribution in [0.5, 0.6) is 0 Å². The molecule has 1 aromatic carbocycles. The summed E-state index contributed by atoms with van der Waals surface area (Å²) in [4.78, 5) is 11.6. The van der Waals surface area contributed by atoms with Crippen LogP contribution in [0.25, 0.3) is 0 Å². The summed E-state index contributed by atoms with van der Waals surface area (Å²) in [5.41, 5.74) is 1.26. The van der Waals surface area contributed by atoms with Gasteiger partial charge in [0.15, 0.2) is 0 Å². The van der Waals surface area contributed by atoms with Crippen molar-refractivity contribution in [3.63, 3.8) is 0 Å². The van der Waals surface area contributed by atoms with Gasteiger partial charge in [-0.2, -0.15) is 0 Å². The number of ketones is 1. The number of carbonyl (C=O) groups excluding carboxylic acids is 1. The smallest absolute Gasteiger partial charge is 0.138 e. The average molecular weight is 189 g/mol. The first-order valence-corrected chi connectivity index (χ1v) is 5.13. The van der Waals surface area contributed by atoms with E-state index in [1.807, 2.05) is 18.2 Å². The summed E-state index contributed by atoms with van der Waals surface area (Å²) in [5, 5.41) is 3.12. The zero-order chi connectivity index (χ0) is 9.80. The van der Waals surface area contributed by atoms with Crippen molar-refractivity contribution in [1.29, 1.82) is 0 Å². The summed E-state index contributed by atoms with van der Waals surface area (Å²) in [6, 6.07) is 10.2. The van der Waals surface area contributed by atoms with Gasteiger partial charge in [0.1, 0.15) is 5.78 Å². The Kier molecular flexibility index (Phi) is 2.94. The zero-order valence-corrected chi connectivity index (χ0v) is 8.20. The van der Waals surface area contributed by atoms with Crippen LogP contribution in [0.1, 0.15) is 12.0 Å². The second kappa shape index (κ2) is 4.38. The Morgan fingerprint density at radius 1 is 1.29 bits per heavy atom. The molecule has 1 N–H and O–H groups in total. The molecule has 1 aliphatic heterocycles. The number of hydrogen-bond acceptors (Lipinski definition) is 2. The highest BCUT2D eigenvalue weighted by Crippen LogP contribution is 2.10. The molecular formula is C12H15NO. The van der Waals surface area contributed by atoms with E-state index in [9.17, 15) is 4.79 Å². The van der Waals surface area contributed by atoms with Crippen molar-refractivity contribution in [2.75, 3.05) is 13.1 Å². The second-order valence-corrected chi connectivity index (χ2v) is 3.81. The summed E-state index contributed by atoms with van der Waals surface area (Å²) >= 11 is 0. The Bertz CT molecular complexity index is 303. The molecule has 14 heavy (non-hydrogen) atoms. The SMILES string of the molecule is O=C(CCc1ccccc1)C1CNC1. The number of rotatable bonds is 4. The van der Waals surface area contributed by atoms with Gasteiger partial charge in [-0.05, 0) is 12.0 Å². The van der Waals surface area contributed by atoms with Crippen LogP contribution in [-0.4, -0.2) is 18.9 Å². The minimum atomic E-state index is 0.290. The topological polar surface area (TPSA) is 29.1 Å². The molecular weight excluding hydrogens is 174 g/mol.